The van der Waals surface area contributed by atoms with E-state index in [0.717, 1.165) is 31.1 Å². The largest absolute Gasteiger partial charge is 0.488 e. The molecule has 0 spiro atoms. The summed E-state index contributed by atoms with van der Waals surface area (Å²) in [5.74, 6) is 2.83. The molecule has 6 rings (SSSR count). The van der Waals surface area contributed by atoms with E-state index in [1.54, 1.807) is 29.9 Å². The number of hydrogen-bond acceptors (Lipinski definition) is 6. The minimum Gasteiger partial charge on any atom is -0.488 e. The molecular formula is C23H23N5O3. The number of ether oxygens (including phenoxy) is 1. The maximum atomic E-state index is 13.0. The lowest BCUT2D eigenvalue weighted by molar-refractivity contribution is 0.0715. The van der Waals surface area contributed by atoms with Crippen molar-refractivity contribution in [2.24, 2.45) is 11.8 Å². The lowest BCUT2D eigenvalue weighted by Gasteiger charge is -2.31. The Morgan fingerprint density at radius 1 is 1.16 bits per heavy atom. The number of fused-ring (bicyclic) bond motifs is 3. The molecule has 0 N–H and O–H groups in total. The summed E-state index contributed by atoms with van der Waals surface area (Å²) in [5.41, 5.74) is 2.56. The molecule has 8 nitrogen and oxygen atoms in total. The molecule has 8 heteroatoms. The molecule has 0 bridgehead atoms. The van der Waals surface area contributed by atoms with Gasteiger partial charge in [-0.1, -0.05) is 0 Å². The Bertz CT molecular complexity index is 1270. The van der Waals surface area contributed by atoms with Crippen molar-refractivity contribution < 1.29 is 9.53 Å². The molecule has 0 aromatic carbocycles. The Labute approximate surface area is 179 Å². The van der Waals surface area contributed by atoms with Crippen LogP contribution in [0.4, 0.5) is 11.5 Å². The second-order valence-electron chi connectivity index (χ2n) is 8.70. The molecule has 158 valence electrons. The molecule has 1 amide bonds. The highest BCUT2D eigenvalue weighted by Crippen LogP contribution is 2.45. The van der Waals surface area contributed by atoms with Crippen molar-refractivity contribution in [1.29, 1.82) is 0 Å². The summed E-state index contributed by atoms with van der Waals surface area (Å²) in [5, 5.41) is 0. The number of rotatable bonds is 2. The monoisotopic (exact) mass is 417 g/mol. The number of likely N-dealkylation sites (tertiary alicyclic amines) is 1. The average molecular weight is 417 g/mol. The van der Waals surface area contributed by atoms with E-state index in [1.165, 1.54) is 6.42 Å². The topological polar surface area (TPSA) is 80.0 Å². The van der Waals surface area contributed by atoms with E-state index in [-0.39, 0.29) is 11.5 Å². The third kappa shape index (κ3) is 3.05. The van der Waals surface area contributed by atoms with E-state index in [9.17, 15) is 9.59 Å². The van der Waals surface area contributed by atoms with Crippen LogP contribution in [0.2, 0.25) is 0 Å². The summed E-state index contributed by atoms with van der Waals surface area (Å²) < 4.78 is 7.40. The SMILES string of the molecule is Cc1cnc2cc(N3CCOc4cc(C(=O)N5CCC6CC6C5)cnc43)ccn2c1=O. The summed E-state index contributed by atoms with van der Waals surface area (Å²) in [4.78, 5) is 38.3. The highest BCUT2D eigenvalue weighted by molar-refractivity contribution is 5.95. The zero-order valence-corrected chi connectivity index (χ0v) is 17.3. The zero-order chi connectivity index (χ0) is 21.1. The third-order valence-corrected chi connectivity index (χ3v) is 6.67. The predicted molar refractivity (Wildman–Crippen MR) is 115 cm³/mol. The molecule has 1 saturated heterocycles. The molecule has 2 unspecified atom stereocenters. The van der Waals surface area contributed by atoms with Crippen molar-refractivity contribution in [2.75, 3.05) is 31.1 Å². The van der Waals surface area contributed by atoms with Gasteiger partial charge in [-0.3, -0.25) is 14.0 Å². The summed E-state index contributed by atoms with van der Waals surface area (Å²) >= 11 is 0. The van der Waals surface area contributed by atoms with E-state index in [2.05, 4.69) is 9.97 Å². The third-order valence-electron chi connectivity index (χ3n) is 6.67. The number of aromatic nitrogens is 3. The number of anilines is 2. The first-order valence-corrected chi connectivity index (χ1v) is 10.8. The normalized spacial score (nSPS) is 22.0. The highest BCUT2D eigenvalue weighted by Gasteiger charge is 2.42. The summed E-state index contributed by atoms with van der Waals surface area (Å²) in [7, 11) is 0. The minimum atomic E-state index is -0.0737. The van der Waals surface area contributed by atoms with Gasteiger partial charge < -0.3 is 14.5 Å². The van der Waals surface area contributed by atoms with Gasteiger partial charge in [0.25, 0.3) is 11.5 Å². The van der Waals surface area contributed by atoms with Gasteiger partial charge in [0.05, 0.1) is 12.1 Å². The van der Waals surface area contributed by atoms with Crippen LogP contribution in [-0.4, -0.2) is 51.4 Å². The Morgan fingerprint density at radius 2 is 2.06 bits per heavy atom. The molecule has 2 aliphatic heterocycles. The summed E-state index contributed by atoms with van der Waals surface area (Å²) in [6, 6.07) is 5.56. The van der Waals surface area contributed by atoms with E-state index >= 15 is 0 Å². The molecule has 31 heavy (non-hydrogen) atoms. The number of aryl methyl sites for hydroxylation is 1. The lowest BCUT2D eigenvalue weighted by atomic mass is 10.1. The lowest BCUT2D eigenvalue weighted by Crippen LogP contribution is -2.37. The molecule has 3 aliphatic rings. The molecule has 2 atom stereocenters. The van der Waals surface area contributed by atoms with Crippen LogP contribution in [0.1, 0.15) is 28.8 Å². The van der Waals surface area contributed by atoms with Crippen LogP contribution in [0.25, 0.3) is 5.65 Å². The number of piperidine rings is 1. The van der Waals surface area contributed by atoms with Crippen molar-refractivity contribution in [1.82, 2.24) is 19.3 Å². The zero-order valence-electron chi connectivity index (χ0n) is 17.3. The van der Waals surface area contributed by atoms with Crippen molar-refractivity contribution in [3.63, 3.8) is 0 Å². The average Bonchev–Trinajstić information content (AvgIpc) is 3.59. The molecule has 2 fully saturated rings. The van der Waals surface area contributed by atoms with Gasteiger partial charge in [0.2, 0.25) is 0 Å². The van der Waals surface area contributed by atoms with Crippen LogP contribution in [0.3, 0.4) is 0 Å². The van der Waals surface area contributed by atoms with Crippen LogP contribution in [-0.2, 0) is 0 Å². The molecule has 3 aromatic rings. The van der Waals surface area contributed by atoms with Gasteiger partial charge in [0.15, 0.2) is 11.6 Å². The van der Waals surface area contributed by atoms with Crippen molar-refractivity contribution in [3.8, 4) is 5.75 Å². The van der Waals surface area contributed by atoms with Crippen LogP contribution in [0.5, 0.6) is 5.75 Å². The fourth-order valence-electron chi connectivity index (χ4n) is 4.74. The van der Waals surface area contributed by atoms with Gasteiger partial charge in [0.1, 0.15) is 12.3 Å². The van der Waals surface area contributed by atoms with Gasteiger partial charge in [-0.05, 0) is 43.7 Å². The fourth-order valence-corrected chi connectivity index (χ4v) is 4.74. The highest BCUT2D eigenvalue weighted by atomic mass is 16.5. The number of pyridine rings is 2. The Morgan fingerprint density at radius 3 is 2.94 bits per heavy atom. The summed E-state index contributed by atoms with van der Waals surface area (Å²) in [6.45, 7) is 4.54. The number of carbonyl (C=O) groups is 1. The van der Waals surface area contributed by atoms with Gasteiger partial charge in [-0.25, -0.2) is 9.97 Å². The smallest absolute Gasteiger partial charge is 0.260 e. The van der Waals surface area contributed by atoms with E-state index in [4.69, 9.17) is 4.74 Å². The Kier molecular flexibility index (Phi) is 4.03. The first kappa shape index (κ1) is 18.4. The molecule has 0 radical (unpaired) electrons. The standard InChI is InChI=1S/C23H23N5O3/c1-14-11-24-20-10-18(3-5-28(20)22(14)29)27-6-7-31-19-9-16(12-25-21(19)27)23(30)26-4-2-15-8-17(15)13-26/h3,5,9-12,15,17H,2,4,6-8,13H2,1H3. The Hall–Kier alpha value is -3.42. The van der Waals surface area contributed by atoms with E-state index < -0.39 is 0 Å². The van der Waals surface area contributed by atoms with Gasteiger partial charge in [-0.15, -0.1) is 0 Å². The van der Waals surface area contributed by atoms with Crippen molar-refractivity contribution in [3.05, 3.63) is 58.3 Å². The second-order valence-corrected chi connectivity index (χ2v) is 8.70. The second kappa shape index (κ2) is 6.80. The minimum absolute atomic E-state index is 0.0334. The summed E-state index contributed by atoms with van der Waals surface area (Å²) in [6.07, 6.45) is 7.35. The maximum absolute atomic E-state index is 13.0. The van der Waals surface area contributed by atoms with Crippen LogP contribution >= 0.6 is 0 Å². The molecule has 3 aromatic heterocycles. The van der Waals surface area contributed by atoms with Gasteiger partial charge in [0, 0.05) is 49.0 Å². The first-order valence-electron chi connectivity index (χ1n) is 10.8. The van der Waals surface area contributed by atoms with Crippen LogP contribution < -0.4 is 15.2 Å². The first-order chi connectivity index (χ1) is 15.1. The number of hydrogen-bond donors (Lipinski definition) is 0. The molecular weight excluding hydrogens is 394 g/mol. The molecule has 5 heterocycles. The van der Waals surface area contributed by atoms with E-state index in [0.29, 0.717) is 47.4 Å². The number of carbonyl (C=O) groups excluding carboxylic acids is 1. The maximum Gasteiger partial charge on any atom is 0.260 e. The van der Waals surface area contributed by atoms with Crippen LogP contribution in [0, 0.1) is 18.8 Å². The van der Waals surface area contributed by atoms with Crippen LogP contribution in [0.15, 0.2) is 41.6 Å². The molecule has 1 saturated carbocycles. The van der Waals surface area contributed by atoms with Crippen molar-refractivity contribution in [2.45, 2.75) is 19.8 Å². The van der Waals surface area contributed by atoms with Crippen molar-refractivity contribution >= 4 is 23.1 Å². The molecule has 1 aliphatic carbocycles. The quantitative estimate of drug-likeness (QED) is 0.637. The van der Waals surface area contributed by atoms with Gasteiger partial charge >= 0.3 is 0 Å². The number of amides is 1. The Balaban J connectivity index is 1.32. The number of nitrogens with zero attached hydrogens (tertiary/aromatic N) is 5. The fraction of sp³-hybridized carbons (Fsp3) is 0.391. The predicted octanol–water partition coefficient (Wildman–Crippen LogP) is 2.41. The van der Waals surface area contributed by atoms with E-state index in [1.807, 2.05) is 28.0 Å². The van der Waals surface area contributed by atoms with Gasteiger partial charge in [-0.2, -0.15) is 0 Å².